The standard InChI is InChI=1S/C18H23N3O5S/c19-27(24,25)12-6-7-15-16(8-12)26-18(23)21(15)10-17(22)20-14-9-13(14)11-4-2-1-3-5-11/h6-8,11,13-14H,1-5,9-10H2,(H,20,22)(H2,19,24,25). The molecule has 9 heteroatoms. The van der Waals surface area contributed by atoms with Crippen molar-refractivity contribution in [2.24, 2.45) is 17.0 Å². The van der Waals surface area contributed by atoms with E-state index in [2.05, 4.69) is 5.32 Å². The van der Waals surface area contributed by atoms with Crippen LogP contribution in [-0.4, -0.2) is 24.9 Å². The van der Waals surface area contributed by atoms with Crippen LogP contribution in [0, 0.1) is 11.8 Å². The molecular weight excluding hydrogens is 370 g/mol. The van der Waals surface area contributed by atoms with Gasteiger partial charge in [-0.25, -0.2) is 18.4 Å². The van der Waals surface area contributed by atoms with Gasteiger partial charge in [0.1, 0.15) is 6.54 Å². The highest BCUT2D eigenvalue weighted by molar-refractivity contribution is 7.89. The van der Waals surface area contributed by atoms with Crippen molar-refractivity contribution >= 4 is 27.0 Å². The zero-order chi connectivity index (χ0) is 19.2. The molecule has 0 saturated heterocycles. The number of carbonyl (C=O) groups excluding carboxylic acids is 1. The van der Waals surface area contributed by atoms with Gasteiger partial charge in [-0.15, -0.1) is 0 Å². The number of amides is 1. The summed E-state index contributed by atoms with van der Waals surface area (Å²) in [7, 11) is -3.90. The Labute approximate surface area is 156 Å². The Morgan fingerprint density at radius 1 is 1.26 bits per heavy atom. The fraction of sp³-hybridized carbons (Fsp3) is 0.556. The number of primary sulfonamides is 1. The first kappa shape index (κ1) is 18.2. The van der Waals surface area contributed by atoms with Crippen LogP contribution in [0.1, 0.15) is 38.5 Å². The minimum absolute atomic E-state index is 0.0887. The topological polar surface area (TPSA) is 124 Å². The van der Waals surface area contributed by atoms with Gasteiger partial charge < -0.3 is 9.73 Å². The molecule has 2 atom stereocenters. The van der Waals surface area contributed by atoms with Crippen LogP contribution >= 0.6 is 0 Å². The Hall–Kier alpha value is -2.13. The van der Waals surface area contributed by atoms with Crippen LogP contribution in [0.15, 0.2) is 32.3 Å². The summed E-state index contributed by atoms with van der Waals surface area (Å²) in [5.74, 6) is 0.326. The summed E-state index contributed by atoms with van der Waals surface area (Å²) in [6.07, 6.45) is 7.36. The Balaban J connectivity index is 1.45. The lowest BCUT2D eigenvalue weighted by molar-refractivity contribution is -0.121. The number of carbonyl (C=O) groups is 1. The minimum Gasteiger partial charge on any atom is -0.408 e. The quantitative estimate of drug-likeness (QED) is 0.793. The number of hydrogen-bond acceptors (Lipinski definition) is 5. The first-order valence-corrected chi connectivity index (χ1v) is 10.8. The van der Waals surface area contributed by atoms with Crippen molar-refractivity contribution in [3.05, 3.63) is 28.7 Å². The molecule has 2 aliphatic carbocycles. The van der Waals surface area contributed by atoms with Crippen LogP contribution in [0.3, 0.4) is 0 Å². The maximum absolute atomic E-state index is 12.4. The molecule has 0 aliphatic heterocycles. The van der Waals surface area contributed by atoms with E-state index in [0.717, 1.165) is 6.42 Å². The Morgan fingerprint density at radius 2 is 2.00 bits per heavy atom. The maximum atomic E-state index is 12.4. The molecule has 3 N–H and O–H groups in total. The van der Waals surface area contributed by atoms with Gasteiger partial charge in [-0.05, 0) is 30.4 Å². The number of oxazole rings is 1. The highest BCUT2D eigenvalue weighted by Gasteiger charge is 2.43. The second kappa shape index (κ2) is 6.79. The predicted octanol–water partition coefficient (Wildman–Crippen LogP) is 1.33. The van der Waals surface area contributed by atoms with Crippen molar-refractivity contribution in [3.63, 3.8) is 0 Å². The van der Waals surface area contributed by atoms with Crippen LogP contribution in [0.5, 0.6) is 0 Å². The summed E-state index contributed by atoms with van der Waals surface area (Å²) in [6, 6.07) is 4.11. The Bertz CT molecular complexity index is 1030. The lowest BCUT2D eigenvalue weighted by Gasteiger charge is -2.21. The smallest absolute Gasteiger partial charge is 0.408 e. The summed E-state index contributed by atoms with van der Waals surface area (Å²) in [6.45, 7) is -0.158. The van der Waals surface area contributed by atoms with E-state index in [9.17, 15) is 18.0 Å². The minimum atomic E-state index is -3.90. The van der Waals surface area contributed by atoms with E-state index in [1.165, 1.54) is 54.9 Å². The van der Waals surface area contributed by atoms with Gasteiger partial charge in [-0.3, -0.25) is 9.36 Å². The van der Waals surface area contributed by atoms with E-state index in [1.807, 2.05) is 0 Å². The average molecular weight is 393 g/mol. The summed E-state index contributed by atoms with van der Waals surface area (Å²) in [4.78, 5) is 24.3. The molecular formula is C18H23N3O5S. The molecule has 8 nitrogen and oxygen atoms in total. The van der Waals surface area contributed by atoms with Crippen LogP contribution in [-0.2, 0) is 21.4 Å². The Morgan fingerprint density at radius 3 is 2.70 bits per heavy atom. The van der Waals surface area contributed by atoms with Crippen molar-refractivity contribution in [1.82, 2.24) is 9.88 Å². The molecule has 27 heavy (non-hydrogen) atoms. The number of fused-ring (bicyclic) bond motifs is 1. The number of nitrogens with one attached hydrogen (secondary N) is 1. The zero-order valence-electron chi connectivity index (χ0n) is 14.9. The molecule has 1 heterocycles. The van der Waals surface area contributed by atoms with E-state index < -0.39 is 15.8 Å². The lowest BCUT2D eigenvalue weighted by Crippen LogP contribution is -2.33. The fourth-order valence-corrected chi connectivity index (χ4v) is 4.76. The van der Waals surface area contributed by atoms with Crippen molar-refractivity contribution < 1.29 is 17.6 Å². The van der Waals surface area contributed by atoms with Crippen LogP contribution in [0.2, 0.25) is 0 Å². The third-order valence-corrected chi connectivity index (χ3v) is 6.62. The highest BCUT2D eigenvalue weighted by Crippen LogP contribution is 2.44. The van der Waals surface area contributed by atoms with Gasteiger partial charge in [0.05, 0.1) is 10.4 Å². The molecule has 0 bridgehead atoms. The molecule has 0 radical (unpaired) electrons. The molecule has 2 aliphatic rings. The first-order valence-electron chi connectivity index (χ1n) is 9.28. The summed E-state index contributed by atoms with van der Waals surface area (Å²) >= 11 is 0. The maximum Gasteiger partial charge on any atom is 0.420 e. The number of aromatic nitrogens is 1. The third kappa shape index (κ3) is 3.79. The molecule has 1 amide bonds. The summed E-state index contributed by atoms with van der Waals surface area (Å²) in [5, 5.41) is 8.10. The Kier molecular flexibility index (Phi) is 4.59. The van der Waals surface area contributed by atoms with E-state index in [4.69, 9.17) is 9.56 Å². The number of hydrogen-bond donors (Lipinski definition) is 2. The molecule has 1 aromatic carbocycles. The van der Waals surface area contributed by atoms with E-state index in [1.54, 1.807) is 0 Å². The molecule has 2 saturated carbocycles. The van der Waals surface area contributed by atoms with Crippen LogP contribution in [0.25, 0.3) is 11.1 Å². The molecule has 2 fully saturated rings. The van der Waals surface area contributed by atoms with Gasteiger partial charge in [0.15, 0.2) is 5.58 Å². The largest absolute Gasteiger partial charge is 0.420 e. The zero-order valence-corrected chi connectivity index (χ0v) is 15.7. The first-order chi connectivity index (χ1) is 12.8. The predicted molar refractivity (Wildman–Crippen MR) is 98.5 cm³/mol. The molecule has 0 spiro atoms. The van der Waals surface area contributed by atoms with Gasteiger partial charge in [-0.2, -0.15) is 0 Å². The van der Waals surface area contributed by atoms with Crippen molar-refractivity contribution in [2.75, 3.05) is 0 Å². The van der Waals surface area contributed by atoms with E-state index in [0.29, 0.717) is 17.4 Å². The molecule has 2 aromatic rings. The van der Waals surface area contributed by atoms with Crippen LogP contribution in [0.4, 0.5) is 0 Å². The number of sulfonamides is 1. The van der Waals surface area contributed by atoms with Gasteiger partial charge >= 0.3 is 5.76 Å². The SMILES string of the molecule is NS(=O)(=O)c1ccc2c(c1)oc(=O)n2CC(=O)NC1CC1C1CCCCC1. The summed E-state index contributed by atoms with van der Waals surface area (Å²) in [5.41, 5.74) is 0.452. The second-order valence-corrected chi connectivity index (χ2v) is 9.16. The highest BCUT2D eigenvalue weighted by atomic mass is 32.2. The normalized spacial score (nSPS) is 23.4. The van der Waals surface area contributed by atoms with Crippen molar-refractivity contribution in [2.45, 2.75) is 56.0 Å². The number of benzene rings is 1. The average Bonchev–Trinajstić information content (AvgIpc) is 3.31. The van der Waals surface area contributed by atoms with Gasteiger partial charge in [-0.1, -0.05) is 32.1 Å². The van der Waals surface area contributed by atoms with Gasteiger partial charge in [0.25, 0.3) is 0 Å². The molecule has 4 rings (SSSR count). The lowest BCUT2D eigenvalue weighted by atomic mass is 9.85. The number of nitrogens with two attached hydrogens (primary N) is 1. The molecule has 1 aromatic heterocycles. The summed E-state index contributed by atoms with van der Waals surface area (Å²) < 4.78 is 29.1. The second-order valence-electron chi connectivity index (χ2n) is 7.60. The van der Waals surface area contributed by atoms with Gasteiger partial charge in [0, 0.05) is 12.1 Å². The van der Waals surface area contributed by atoms with Crippen molar-refractivity contribution in [3.8, 4) is 0 Å². The fourth-order valence-electron chi connectivity index (χ4n) is 4.23. The van der Waals surface area contributed by atoms with Crippen LogP contribution < -0.4 is 16.2 Å². The number of nitrogens with zero attached hydrogens (tertiary/aromatic N) is 1. The molecule has 146 valence electrons. The molecule has 2 unspecified atom stereocenters. The number of rotatable bonds is 5. The van der Waals surface area contributed by atoms with E-state index in [-0.39, 0.29) is 29.0 Å². The van der Waals surface area contributed by atoms with E-state index >= 15 is 0 Å². The third-order valence-electron chi connectivity index (χ3n) is 5.71. The van der Waals surface area contributed by atoms with Gasteiger partial charge in [0.2, 0.25) is 15.9 Å². The van der Waals surface area contributed by atoms with Crippen molar-refractivity contribution in [1.29, 1.82) is 0 Å². The monoisotopic (exact) mass is 393 g/mol.